The third kappa shape index (κ3) is 2.87. The summed E-state index contributed by atoms with van der Waals surface area (Å²) in [5.74, 6) is -1.22. The van der Waals surface area contributed by atoms with Gasteiger partial charge in [0.1, 0.15) is 0 Å². The highest BCUT2D eigenvalue weighted by atomic mass is 32.1. The number of thiazole rings is 1. The minimum atomic E-state index is -0.774. The summed E-state index contributed by atoms with van der Waals surface area (Å²) in [5, 5.41) is 10.4. The largest absolute Gasteiger partial charge is 0.481 e. The number of likely N-dealkylation sites (N-methyl/N-ethyl adjacent to an activating group) is 1. The fourth-order valence-corrected chi connectivity index (χ4v) is 3.90. The van der Waals surface area contributed by atoms with Crippen molar-refractivity contribution in [2.24, 2.45) is 5.92 Å². The summed E-state index contributed by atoms with van der Waals surface area (Å²) in [7, 11) is 0. The fraction of sp³-hybridized carbons (Fsp3) is 0.714. The Morgan fingerprint density at radius 1 is 1.55 bits per heavy atom. The molecule has 0 radical (unpaired) electrons. The Bertz CT molecular complexity index is 489. The van der Waals surface area contributed by atoms with Gasteiger partial charge >= 0.3 is 5.97 Å². The lowest BCUT2D eigenvalue weighted by Gasteiger charge is -2.34. The number of carboxylic acids is 1. The maximum atomic E-state index is 11.3. The van der Waals surface area contributed by atoms with E-state index in [1.807, 2.05) is 6.92 Å². The van der Waals surface area contributed by atoms with Gasteiger partial charge in [0.05, 0.1) is 35.9 Å². The van der Waals surface area contributed by atoms with Gasteiger partial charge in [-0.05, 0) is 27.3 Å². The summed E-state index contributed by atoms with van der Waals surface area (Å²) in [6.07, 6.45) is 0. The van der Waals surface area contributed by atoms with E-state index in [0.29, 0.717) is 13.2 Å². The van der Waals surface area contributed by atoms with Crippen molar-refractivity contribution in [3.05, 3.63) is 15.6 Å². The van der Waals surface area contributed by atoms with Crippen LogP contribution in [0, 0.1) is 19.8 Å². The van der Waals surface area contributed by atoms with Crippen molar-refractivity contribution < 1.29 is 14.6 Å². The summed E-state index contributed by atoms with van der Waals surface area (Å²) in [6, 6.07) is 0.0346. The highest BCUT2D eigenvalue weighted by molar-refractivity contribution is 7.11. The molecule has 20 heavy (non-hydrogen) atoms. The monoisotopic (exact) mass is 298 g/mol. The molecule has 0 saturated carbocycles. The number of aromatic nitrogens is 1. The Balaban J connectivity index is 2.23. The standard InChI is InChI=1S/C14H22N2O3S/c1-5-16(12-7-19-6-11(12)14(17)18)8(2)13-9(3)20-10(4)15-13/h8,11-12H,5-7H2,1-4H3,(H,17,18). The van der Waals surface area contributed by atoms with Crippen LogP contribution in [0.1, 0.15) is 35.5 Å². The molecule has 1 aliphatic heterocycles. The van der Waals surface area contributed by atoms with Gasteiger partial charge in [0.25, 0.3) is 0 Å². The lowest BCUT2D eigenvalue weighted by molar-refractivity contribution is -0.143. The normalized spacial score (nSPS) is 24.2. The van der Waals surface area contributed by atoms with Gasteiger partial charge in [-0.25, -0.2) is 4.98 Å². The van der Waals surface area contributed by atoms with Gasteiger partial charge in [-0.1, -0.05) is 6.92 Å². The highest BCUT2D eigenvalue weighted by Gasteiger charge is 2.39. The van der Waals surface area contributed by atoms with Crippen LogP contribution in [0.5, 0.6) is 0 Å². The van der Waals surface area contributed by atoms with E-state index >= 15 is 0 Å². The first kappa shape index (κ1) is 15.4. The first-order chi connectivity index (χ1) is 9.45. The molecule has 0 spiro atoms. The molecule has 1 aromatic heterocycles. The average molecular weight is 298 g/mol. The van der Waals surface area contributed by atoms with Crippen LogP contribution in [-0.2, 0) is 9.53 Å². The van der Waals surface area contributed by atoms with E-state index in [0.717, 1.165) is 17.2 Å². The molecule has 6 heteroatoms. The number of ether oxygens (including phenoxy) is 1. The van der Waals surface area contributed by atoms with Crippen molar-refractivity contribution in [1.29, 1.82) is 0 Å². The molecular formula is C14H22N2O3S. The molecular weight excluding hydrogens is 276 g/mol. The topological polar surface area (TPSA) is 62.7 Å². The SMILES string of the molecule is CCN(C(C)c1nc(C)sc1C)C1COCC1C(=O)O. The van der Waals surface area contributed by atoms with Crippen molar-refractivity contribution in [3.63, 3.8) is 0 Å². The van der Waals surface area contributed by atoms with E-state index in [4.69, 9.17) is 4.74 Å². The molecule has 3 atom stereocenters. The number of carbonyl (C=O) groups is 1. The van der Waals surface area contributed by atoms with Gasteiger partial charge in [-0.15, -0.1) is 11.3 Å². The van der Waals surface area contributed by atoms with Gasteiger partial charge in [0.15, 0.2) is 0 Å². The number of nitrogens with zero attached hydrogens (tertiary/aromatic N) is 2. The molecule has 1 saturated heterocycles. The second-order valence-corrected chi connectivity index (χ2v) is 6.64. The average Bonchev–Trinajstić information content (AvgIpc) is 2.97. The first-order valence-electron chi connectivity index (χ1n) is 6.95. The summed E-state index contributed by atoms with van der Waals surface area (Å²) < 4.78 is 5.40. The summed E-state index contributed by atoms with van der Waals surface area (Å²) >= 11 is 1.69. The molecule has 2 rings (SSSR count). The number of aliphatic carboxylic acids is 1. The van der Waals surface area contributed by atoms with Crippen molar-refractivity contribution in [2.45, 2.75) is 39.8 Å². The van der Waals surface area contributed by atoms with E-state index < -0.39 is 11.9 Å². The number of aryl methyl sites for hydroxylation is 2. The molecule has 0 amide bonds. The smallest absolute Gasteiger partial charge is 0.310 e. The minimum absolute atomic E-state index is 0.0751. The van der Waals surface area contributed by atoms with E-state index in [1.165, 1.54) is 4.88 Å². The zero-order valence-electron chi connectivity index (χ0n) is 12.4. The Morgan fingerprint density at radius 3 is 2.75 bits per heavy atom. The maximum Gasteiger partial charge on any atom is 0.310 e. The third-order valence-corrected chi connectivity index (χ3v) is 4.89. The van der Waals surface area contributed by atoms with Crippen molar-refractivity contribution in [2.75, 3.05) is 19.8 Å². The predicted molar refractivity (Wildman–Crippen MR) is 78.1 cm³/mol. The Labute approximate surface area is 123 Å². The van der Waals surface area contributed by atoms with Crippen LogP contribution in [0.4, 0.5) is 0 Å². The Hall–Kier alpha value is -0.980. The van der Waals surface area contributed by atoms with Gasteiger partial charge in [0, 0.05) is 10.9 Å². The van der Waals surface area contributed by atoms with Gasteiger partial charge in [-0.2, -0.15) is 0 Å². The molecule has 0 bridgehead atoms. The van der Waals surface area contributed by atoms with Crippen molar-refractivity contribution in [1.82, 2.24) is 9.88 Å². The molecule has 3 unspecified atom stereocenters. The summed E-state index contributed by atoms with van der Waals surface area (Å²) in [4.78, 5) is 19.4. The van der Waals surface area contributed by atoms with Crippen LogP contribution in [0.3, 0.4) is 0 Å². The van der Waals surface area contributed by atoms with Gasteiger partial charge in [0.2, 0.25) is 0 Å². The predicted octanol–water partition coefficient (Wildman–Crippen LogP) is 2.24. The van der Waals surface area contributed by atoms with Crippen LogP contribution < -0.4 is 0 Å². The zero-order chi connectivity index (χ0) is 14.9. The maximum absolute atomic E-state index is 11.3. The number of hydrogen-bond acceptors (Lipinski definition) is 5. The molecule has 1 aromatic rings. The molecule has 5 nitrogen and oxygen atoms in total. The third-order valence-electron chi connectivity index (χ3n) is 3.99. The van der Waals surface area contributed by atoms with E-state index in [2.05, 4.69) is 30.7 Å². The lowest BCUT2D eigenvalue weighted by Crippen LogP contribution is -2.44. The van der Waals surface area contributed by atoms with Crippen LogP contribution in [0.2, 0.25) is 0 Å². The van der Waals surface area contributed by atoms with Gasteiger partial charge < -0.3 is 9.84 Å². The zero-order valence-corrected chi connectivity index (χ0v) is 13.2. The highest BCUT2D eigenvalue weighted by Crippen LogP contribution is 2.31. The van der Waals surface area contributed by atoms with E-state index in [1.54, 1.807) is 11.3 Å². The van der Waals surface area contributed by atoms with Crippen LogP contribution >= 0.6 is 11.3 Å². The number of hydrogen-bond donors (Lipinski definition) is 1. The van der Waals surface area contributed by atoms with Crippen molar-refractivity contribution >= 4 is 17.3 Å². The Kier molecular flexibility index (Phi) is 4.78. The lowest BCUT2D eigenvalue weighted by atomic mass is 10.00. The molecule has 1 fully saturated rings. The van der Waals surface area contributed by atoms with Crippen LogP contribution in [0.25, 0.3) is 0 Å². The number of carboxylic acid groups (broad SMARTS) is 1. The van der Waals surface area contributed by atoms with Crippen molar-refractivity contribution in [3.8, 4) is 0 Å². The van der Waals surface area contributed by atoms with Crippen LogP contribution in [0.15, 0.2) is 0 Å². The summed E-state index contributed by atoms with van der Waals surface area (Å²) in [6.45, 7) is 9.81. The van der Waals surface area contributed by atoms with Gasteiger partial charge in [-0.3, -0.25) is 9.69 Å². The van der Waals surface area contributed by atoms with Crippen LogP contribution in [-0.4, -0.2) is 46.8 Å². The summed E-state index contributed by atoms with van der Waals surface area (Å²) in [5.41, 5.74) is 1.06. The molecule has 1 aliphatic rings. The first-order valence-corrected chi connectivity index (χ1v) is 7.77. The fourth-order valence-electron chi connectivity index (χ4n) is 2.99. The molecule has 2 heterocycles. The minimum Gasteiger partial charge on any atom is -0.481 e. The Morgan fingerprint density at radius 2 is 2.25 bits per heavy atom. The molecule has 1 N–H and O–H groups in total. The van der Waals surface area contributed by atoms with E-state index in [9.17, 15) is 9.90 Å². The van der Waals surface area contributed by atoms with E-state index in [-0.39, 0.29) is 12.1 Å². The second kappa shape index (κ2) is 6.20. The molecule has 112 valence electrons. The molecule has 0 aromatic carbocycles. The second-order valence-electron chi connectivity index (χ2n) is 5.23. The quantitative estimate of drug-likeness (QED) is 0.903. The molecule has 0 aliphatic carbocycles. The number of rotatable bonds is 5.